The van der Waals surface area contributed by atoms with Gasteiger partial charge in [-0.05, 0) is 31.5 Å². The Balaban J connectivity index is 1.89. The van der Waals surface area contributed by atoms with Gasteiger partial charge in [0.15, 0.2) is 0 Å². The van der Waals surface area contributed by atoms with Crippen LogP contribution in [0.5, 0.6) is 0 Å². The molecule has 2 aromatic rings. The van der Waals surface area contributed by atoms with Gasteiger partial charge in [-0.3, -0.25) is 9.69 Å². The number of rotatable bonds is 3. The van der Waals surface area contributed by atoms with Crippen molar-refractivity contribution < 1.29 is 5.11 Å². The highest BCUT2D eigenvalue weighted by molar-refractivity contribution is 5.73. The molecule has 0 amide bonds. The standard InChI is InChI=1S/C16H21N3O2/c20-11-12-6-2-1-5-9-19(12)10-15-16(21)18-14-8-4-3-7-13(14)17-15/h3-4,7-8,12,20H,1-2,5-6,9-11H2,(H,18,21). The third kappa shape index (κ3) is 3.14. The summed E-state index contributed by atoms with van der Waals surface area (Å²) in [5, 5.41) is 9.56. The Morgan fingerprint density at radius 3 is 3.00 bits per heavy atom. The smallest absolute Gasteiger partial charge is 0.271 e. The van der Waals surface area contributed by atoms with Crippen LogP contribution < -0.4 is 5.56 Å². The lowest BCUT2D eigenvalue weighted by atomic mass is 10.1. The van der Waals surface area contributed by atoms with Crippen molar-refractivity contribution >= 4 is 11.0 Å². The summed E-state index contributed by atoms with van der Waals surface area (Å²) in [5.41, 5.74) is 1.98. The van der Waals surface area contributed by atoms with Crippen LogP contribution in [0.4, 0.5) is 0 Å². The molecule has 1 aliphatic rings. The SMILES string of the molecule is O=c1[nH]c2ccccc2nc1CN1CCCCCC1CO. The molecule has 1 aromatic heterocycles. The van der Waals surface area contributed by atoms with Gasteiger partial charge in [0.1, 0.15) is 5.69 Å². The Morgan fingerprint density at radius 2 is 2.14 bits per heavy atom. The summed E-state index contributed by atoms with van der Waals surface area (Å²) >= 11 is 0. The van der Waals surface area contributed by atoms with Crippen molar-refractivity contribution in [2.75, 3.05) is 13.2 Å². The molecule has 0 saturated carbocycles. The monoisotopic (exact) mass is 287 g/mol. The van der Waals surface area contributed by atoms with Crippen molar-refractivity contribution in [2.24, 2.45) is 0 Å². The molecule has 0 spiro atoms. The van der Waals surface area contributed by atoms with E-state index in [2.05, 4.69) is 14.9 Å². The summed E-state index contributed by atoms with van der Waals surface area (Å²) in [6, 6.07) is 7.70. The summed E-state index contributed by atoms with van der Waals surface area (Å²) in [5.74, 6) is 0. The molecule has 3 rings (SSSR count). The zero-order valence-corrected chi connectivity index (χ0v) is 12.1. The van der Waals surface area contributed by atoms with Gasteiger partial charge in [0.2, 0.25) is 0 Å². The molecule has 1 saturated heterocycles. The molecular weight excluding hydrogens is 266 g/mol. The largest absolute Gasteiger partial charge is 0.395 e. The van der Waals surface area contributed by atoms with E-state index in [0.717, 1.165) is 36.8 Å². The highest BCUT2D eigenvalue weighted by Crippen LogP contribution is 2.18. The Morgan fingerprint density at radius 1 is 1.29 bits per heavy atom. The van der Waals surface area contributed by atoms with Gasteiger partial charge in [-0.15, -0.1) is 0 Å². The first kappa shape index (κ1) is 14.2. The highest BCUT2D eigenvalue weighted by atomic mass is 16.3. The number of H-pyrrole nitrogens is 1. The van der Waals surface area contributed by atoms with Gasteiger partial charge < -0.3 is 10.1 Å². The van der Waals surface area contributed by atoms with Crippen molar-refractivity contribution in [1.29, 1.82) is 0 Å². The summed E-state index contributed by atoms with van der Waals surface area (Å²) in [6.07, 6.45) is 4.43. The van der Waals surface area contributed by atoms with Crippen LogP contribution in [0.3, 0.4) is 0 Å². The number of likely N-dealkylation sites (tertiary alicyclic amines) is 1. The molecule has 5 heteroatoms. The fourth-order valence-corrected chi connectivity index (χ4v) is 3.02. The van der Waals surface area contributed by atoms with Crippen molar-refractivity contribution in [3.8, 4) is 0 Å². The molecule has 1 unspecified atom stereocenters. The minimum atomic E-state index is -0.130. The van der Waals surface area contributed by atoms with E-state index < -0.39 is 0 Å². The lowest BCUT2D eigenvalue weighted by Crippen LogP contribution is -2.38. The first-order valence-corrected chi connectivity index (χ1v) is 7.61. The fraction of sp³-hybridized carbons (Fsp3) is 0.500. The topological polar surface area (TPSA) is 69.2 Å². The Bertz CT molecular complexity index is 668. The summed E-state index contributed by atoms with van der Waals surface area (Å²) in [7, 11) is 0. The fourth-order valence-electron chi connectivity index (χ4n) is 3.02. The van der Waals surface area contributed by atoms with Crippen molar-refractivity contribution in [3.63, 3.8) is 0 Å². The second-order valence-electron chi connectivity index (χ2n) is 5.69. The van der Waals surface area contributed by atoms with Crippen molar-refractivity contribution in [3.05, 3.63) is 40.3 Å². The van der Waals surface area contributed by atoms with Crippen molar-refractivity contribution in [1.82, 2.24) is 14.9 Å². The molecular formula is C16H21N3O2. The van der Waals surface area contributed by atoms with Gasteiger partial charge in [0, 0.05) is 12.6 Å². The lowest BCUT2D eigenvalue weighted by Gasteiger charge is -2.27. The minimum absolute atomic E-state index is 0.130. The number of aromatic nitrogens is 2. The molecule has 0 aliphatic carbocycles. The van der Waals surface area contributed by atoms with Gasteiger partial charge in [0.05, 0.1) is 17.6 Å². The summed E-state index contributed by atoms with van der Waals surface area (Å²) < 4.78 is 0. The van der Waals surface area contributed by atoms with Gasteiger partial charge in [-0.1, -0.05) is 25.0 Å². The molecule has 1 fully saturated rings. The molecule has 2 heterocycles. The third-order valence-electron chi connectivity index (χ3n) is 4.23. The molecule has 5 nitrogen and oxygen atoms in total. The number of hydrogen-bond acceptors (Lipinski definition) is 4. The Labute approximate surface area is 123 Å². The average molecular weight is 287 g/mol. The summed E-state index contributed by atoms with van der Waals surface area (Å²) in [4.78, 5) is 21.8. The van der Waals surface area contributed by atoms with Crippen LogP contribution >= 0.6 is 0 Å². The number of aliphatic hydroxyl groups is 1. The molecule has 2 N–H and O–H groups in total. The average Bonchev–Trinajstić information content (AvgIpc) is 2.73. The predicted molar refractivity (Wildman–Crippen MR) is 82.1 cm³/mol. The number of nitrogens with one attached hydrogen (secondary N) is 1. The first-order chi connectivity index (χ1) is 10.3. The van der Waals surface area contributed by atoms with Crippen LogP contribution in [0.1, 0.15) is 31.4 Å². The molecule has 0 bridgehead atoms. The van der Waals surface area contributed by atoms with Gasteiger partial charge >= 0.3 is 0 Å². The Hall–Kier alpha value is -1.72. The van der Waals surface area contributed by atoms with Crippen LogP contribution in [0.25, 0.3) is 11.0 Å². The van der Waals surface area contributed by atoms with E-state index in [1.165, 1.54) is 6.42 Å². The van der Waals surface area contributed by atoms with Crippen molar-refractivity contribution in [2.45, 2.75) is 38.3 Å². The van der Waals surface area contributed by atoms with E-state index in [1.54, 1.807) is 0 Å². The minimum Gasteiger partial charge on any atom is -0.395 e. The number of hydrogen-bond donors (Lipinski definition) is 2. The van der Waals surface area contributed by atoms with Gasteiger partial charge in [-0.25, -0.2) is 4.98 Å². The maximum atomic E-state index is 12.2. The Kier molecular flexibility index (Phi) is 4.31. The van der Waals surface area contributed by atoms with E-state index in [0.29, 0.717) is 12.2 Å². The van der Waals surface area contributed by atoms with E-state index >= 15 is 0 Å². The van der Waals surface area contributed by atoms with Gasteiger partial charge in [-0.2, -0.15) is 0 Å². The molecule has 1 aliphatic heterocycles. The molecule has 1 atom stereocenters. The van der Waals surface area contributed by atoms with E-state index in [9.17, 15) is 9.90 Å². The summed E-state index contributed by atoms with van der Waals surface area (Å²) in [6.45, 7) is 1.57. The van der Waals surface area contributed by atoms with Gasteiger partial charge in [0.25, 0.3) is 5.56 Å². The van der Waals surface area contributed by atoms with Crippen LogP contribution in [0.2, 0.25) is 0 Å². The lowest BCUT2D eigenvalue weighted by molar-refractivity contribution is 0.117. The predicted octanol–water partition coefficient (Wildman–Crippen LogP) is 1.66. The molecule has 1 aromatic carbocycles. The number of aliphatic hydroxyl groups excluding tert-OH is 1. The van der Waals surface area contributed by atoms with Crippen LogP contribution in [0, 0.1) is 0 Å². The number of fused-ring (bicyclic) bond motifs is 1. The normalized spacial score (nSPS) is 20.5. The third-order valence-corrected chi connectivity index (χ3v) is 4.23. The molecule has 112 valence electrons. The zero-order valence-electron chi connectivity index (χ0n) is 12.1. The maximum absolute atomic E-state index is 12.2. The highest BCUT2D eigenvalue weighted by Gasteiger charge is 2.21. The van der Waals surface area contributed by atoms with E-state index in [1.807, 2.05) is 24.3 Å². The second kappa shape index (κ2) is 6.37. The number of aromatic amines is 1. The number of nitrogens with zero attached hydrogens (tertiary/aromatic N) is 2. The van der Waals surface area contributed by atoms with E-state index in [-0.39, 0.29) is 18.2 Å². The second-order valence-corrected chi connectivity index (χ2v) is 5.69. The maximum Gasteiger partial charge on any atom is 0.271 e. The van der Waals surface area contributed by atoms with Crippen LogP contribution in [-0.4, -0.2) is 39.2 Å². The number of para-hydroxylation sites is 2. The quantitative estimate of drug-likeness (QED) is 0.901. The zero-order chi connectivity index (χ0) is 14.7. The van der Waals surface area contributed by atoms with E-state index in [4.69, 9.17) is 0 Å². The number of benzene rings is 1. The van der Waals surface area contributed by atoms with Crippen LogP contribution in [0.15, 0.2) is 29.1 Å². The molecule has 21 heavy (non-hydrogen) atoms. The molecule has 0 radical (unpaired) electrons. The first-order valence-electron chi connectivity index (χ1n) is 7.61. The van der Waals surface area contributed by atoms with Crippen LogP contribution in [-0.2, 0) is 6.54 Å².